The number of ether oxygens (including phenoxy) is 2. The van der Waals surface area contributed by atoms with Crippen molar-refractivity contribution < 1.29 is 42.1 Å². The van der Waals surface area contributed by atoms with Crippen molar-refractivity contribution in [3.05, 3.63) is 72.9 Å². The van der Waals surface area contributed by atoms with Gasteiger partial charge in [0.25, 0.3) is 7.82 Å². The van der Waals surface area contributed by atoms with E-state index in [9.17, 15) is 19.0 Å². The Morgan fingerprint density at radius 2 is 0.620 bits per heavy atom. The lowest BCUT2D eigenvalue weighted by Crippen LogP contribution is -2.37. The Balaban J connectivity index is 3.88. The molecule has 0 rings (SSSR count). The van der Waals surface area contributed by atoms with Gasteiger partial charge in [0.1, 0.15) is 19.8 Å². The predicted octanol–water partition coefficient (Wildman–Crippen LogP) is 25.7. The minimum absolute atomic E-state index is 0.0303. The standard InChI is InChI=1S/C82H152NO8P/c1-6-8-10-12-14-16-18-20-22-24-26-28-30-32-34-35-36-37-38-39-40-41-42-43-44-45-46-47-49-50-52-54-56-58-60-62-64-66-68-70-72-74-81(84)88-78-80(79-90-92(86,87)89-77-76-83(3,4)5)91-82(85)75-73-71-69-67-65-63-61-59-57-55-53-51-48-33-31-29-27-25-23-21-19-17-15-13-11-9-7-2/h9,11,15,17-18,20-21,23-24,26-27,29,80H,6-8,10,12-14,16,19,22,25,28,30-79H2,1-5H3/b11-9-,17-15-,20-18-,23-21-,26-24-,29-27-. The van der Waals surface area contributed by atoms with Gasteiger partial charge in [0.2, 0.25) is 0 Å². The van der Waals surface area contributed by atoms with E-state index >= 15 is 0 Å². The van der Waals surface area contributed by atoms with Crippen LogP contribution in [0.15, 0.2) is 72.9 Å². The van der Waals surface area contributed by atoms with E-state index in [4.69, 9.17) is 18.5 Å². The maximum Gasteiger partial charge on any atom is 0.306 e. The molecule has 0 N–H and O–H groups in total. The van der Waals surface area contributed by atoms with Gasteiger partial charge < -0.3 is 27.9 Å². The van der Waals surface area contributed by atoms with Crippen LogP contribution < -0.4 is 4.89 Å². The van der Waals surface area contributed by atoms with Crippen LogP contribution in [0.2, 0.25) is 0 Å². The van der Waals surface area contributed by atoms with E-state index in [0.29, 0.717) is 17.4 Å². The molecule has 0 aromatic rings. The Labute approximate surface area is 571 Å². The normalized spacial score (nSPS) is 13.4. The van der Waals surface area contributed by atoms with Crippen LogP contribution in [0, 0.1) is 0 Å². The fourth-order valence-electron chi connectivity index (χ4n) is 11.7. The lowest BCUT2D eigenvalue weighted by atomic mass is 10.0. The fourth-order valence-corrected chi connectivity index (χ4v) is 12.4. The third kappa shape index (κ3) is 76.5. The molecule has 0 aliphatic rings. The zero-order valence-electron chi connectivity index (χ0n) is 61.5. The molecule has 0 spiro atoms. The number of hydrogen-bond acceptors (Lipinski definition) is 8. The molecule has 0 heterocycles. The van der Waals surface area contributed by atoms with Gasteiger partial charge in [-0.15, -0.1) is 0 Å². The number of allylic oxidation sites excluding steroid dienone is 12. The first-order valence-corrected chi connectivity index (χ1v) is 41.1. The molecule has 0 saturated heterocycles. The van der Waals surface area contributed by atoms with Crippen LogP contribution in [-0.4, -0.2) is 70.0 Å². The first-order valence-electron chi connectivity index (χ1n) is 39.6. The van der Waals surface area contributed by atoms with Gasteiger partial charge in [-0.25, -0.2) is 0 Å². The predicted molar refractivity (Wildman–Crippen MR) is 397 cm³/mol. The summed E-state index contributed by atoms with van der Waals surface area (Å²) in [7, 11) is 1.18. The highest BCUT2D eigenvalue weighted by Gasteiger charge is 2.22. The van der Waals surface area contributed by atoms with E-state index in [-0.39, 0.29) is 32.0 Å². The Morgan fingerprint density at radius 3 is 0.924 bits per heavy atom. The monoisotopic (exact) mass is 1310 g/mol. The molecule has 9 nitrogen and oxygen atoms in total. The van der Waals surface area contributed by atoms with Crippen molar-refractivity contribution in [3.8, 4) is 0 Å². The highest BCUT2D eigenvalue weighted by atomic mass is 31.2. The number of hydrogen-bond donors (Lipinski definition) is 0. The summed E-state index contributed by atoms with van der Waals surface area (Å²) in [5, 5.41) is 0. The maximum atomic E-state index is 12.9. The summed E-state index contributed by atoms with van der Waals surface area (Å²) < 4.78 is 34.4. The van der Waals surface area contributed by atoms with Gasteiger partial charge in [-0.2, -0.15) is 0 Å². The van der Waals surface area contributed by atoms with Crippen LogP contribution in [0.1, 0.15) is 386 Å². The Morgan fingerprint density at radius 1 is 0.348 bits per heavy atom. The second-order valence-corrected chi connectivity index (χ2v) is 29.5. The summed E-state index contributed by atoms with van der Waals surface area (Å²) >= 11 is 0. The Hall–Kier alpha value is -2.55. The van der Waals surface area contributed by atoms with Crippen molar-refractivity contribution in [1.82, 2.24) is 0 Å². The summed E-state index contributed by atoms with van der Waals surface area (Å²) in [6.07, 6.45) is 98.9. The lowest BCUT2D eigenvalue weighted by molar-refractivity contribution is -0.870. The number of nitrogens with zero attached hydrogens (tertiary/aromatic N) is 1. The average molecular weight is 1310 g/mol. The summed E-state index contributed by atoms with van der Waals surface area (Å²) in [6, 6.07) is 0. The van der Waals surface area contributed by atoms with Crippen molar-refractivity contribution in [2.75, 3.05) is 47.5 Å². The fraction of sp³-hybridized carbons (Fsp3) is 0.829. The highest BCUT2D eigenvalue weighted by molar-refractivity contribution is 7.45. The summed E-state index contributed by atoms with van der Waals surface area (Å²) in [4.78, 5) is 38.1. The number of likely N-dealkylation sites (N-methyl/N-ethyl adjacent to an activating group) is 1. The third-order valence-electron chi connectivity index (χ3n) is 17.7. The first-order chi connectivity index (χ1) is 45.0. The van der Waals surface area contributed by atoms with Gasteiger partial charge in [-0.3, -0.25) is 14.2 Å². The van der Waals surface area contributed by atoms with Crippen LogP contribution in [0.25, 0.3) is 0 Å². The van der Waals surface area contributed by atoms with E-state index in [2.05, 4.69) is 86.8 Å². The number of esters is 2. The minimum atomic E-state index is -4.64. The zero-order valence-corrected chi connectivity index (χ0v) is 62.4. The lowest BCUT2D eigenvalue weighted by Gasteiger charge is -2.28. The van der Waals surface area contributed by atoms with Gasteiger partial charge in [0.05, 0.1) is 27.7 Å². The van der Waals surface area contributed by atoms with Crippen molar-refractivity contribution in [3.63, 3.8) is 0 Å². The van der Waals surface area contributed by atoms with E-state index in [1.54, 1.807) is 0 Å². The number of rotatable bonds is 74. The number of phosphoric acid groups is 1. The number of unbranched alkanes of at least 4 members (excludes halogenated alkanes) is 48. The number of carbonyl (C=O) groups is 2. The molecule has 92 heavy (non-hydrogen) atoms. The number of carbonyl (C=O) groups excluding carboxylic acids is 2. The van der Waals surface area contributed by atoms with Crippen LogP contribution in [0.5, 0.6) is 0 Å². The van der Waals surface area contributed by atoms with Crippen molar-refractivity contribution in [1.29, 1.82) is 0 Å². The number of phosphoric ester groups is 1. The maximum absolute atomic E-state index is 12.9. The summed E-state index contributed by atoms with van der Waals surface area (Å²) in [6.45, 7) is 4.17. The smallest absolute Gasteiger partial charge is 0.306 e. The molecule has 0 aromatic carbocycles. The van der Waals surface area contributed by atoms with Gasteiger partial charge in [-0.05, 0) is 83.5 Å². The molecule has 0 aromatic heterocycles. The van der Waals surface area contributed by atoms with E-state index in [1.165, 1.54) is 283 Å². The second kappa shape index (κ2) is 72.7. The zero-order chi connectivity index (χ0) is 66.9. The molecule has 0 amide bonds. The highest BCUT2D eigenvalue weighted by Crippen LogP contribution is 2.38. The first kappa shape index (κ1) is 89.5. The molecule has 0 radical (unpaired) electrons. The van der Waals surface area contributed by atoms with Gasteiger partial charge in [-0.1, -0.05) is 363 Å². The molecule has 10 heteroatoms. The number of quaternary nitrogens is 1. The van der Waals surface area contributed by atoms with Crippen LogP contribution in [-0.2, 0) is 32.7 Å². The van der Waals surface area contributed by atoms with Gasteiger partial charge >= 0.3 is 11.9 Å². The molecule has 0 saturated carbocycles. The quantitative estimate of drug-likeness (QED) is 0.0195. The summed E-state index contributed by atoms with van der Waals surface area (Å²) in [5.41, 5.74) is 0. The molecule has 0 fully saturated rings. The van der Waals surface area contributed by atoms with E-state index in [1.807, 2.05) is 21.1 Å². The Bertz CT molecular complexity index is 1780. The van der Waals surface area contributed by atoms with Crippen LogP contribution in [0.4, 0.5) is 0 Å². The van der Waals surface area contributed by atoms with Crippen molar-refractivity contribution >= 4 is 19.8 Å². The van der Waals surface area contributed by atoms with Crippen molar-refractivity contribution in [2.24, 2.45) is 0 Å². The van der Waals surface area contributed by atoms with E-state index < -0.39 is 26.5 Å². The summed E-state index contributed by atoms with van der Waals surface area (Å²) in [5.74, 6) is -0.816. The molecule has 538 valence electrons. The molecule has 2 unspecified atom stereocenters. The minimum Gasteiger partial charge on any atom is -0.756 e. The van der Waals surface area contributed by atoms with E-state index in [0.717, 1.165) is 70.6 Å². The third-order valence-corrected chi connectivity index (χ3v) is 18.7. The SMILES string of the molecule is CC/C=C\C/C=C\C/C=C\C/C=C\CCCCCCCCCCCCCCCCC(=O)OC(COC(=O)CCCCCCCCCCCCCCCCCCCCCCCCCCCCCCC/C=C\C/C=C\CCCCCCC)COP(=O)([O-])OCC[N+](C)(C)C. The molecular weight excluding hydrogens is 1160 g/mol. The second-order valence-electron chi connectivity index (χ2n) is 28.0. The average Bonchev–Trinajstić information content (AvgIpc) is 2.14. The molecular formula is C82H152NO8P. The van der Waals surface area contributed by atoms with Crippen LogP contribution >= 0.6 is 7.82 Å². The van der Waals surface area contributed by atoms with Crippen LogP contribution in [0.3, 0.4) is 0 Å². The molecule has 0 bridgehead atoms. The van der Waals surface area contributed by atoms with Gasteiger partial charge in [0.15, 0.2) is 6.10 Å². The van der Waals surface area contributed by atoms with Crippen molar-refractivity contribution in [2.45, 2.75) is 392 Å². The molecule has 0 aliphatic heterocycles. The topological polar surface area (TPSA) is 111 Å². The largest absolute Gasteiger partial charge is 0.756 e. The Kier molecular flexibility index (Phi) is 70.7. The van der Waals surface area contributed by atoms with Gasteiger partial charge in [0, 0.05) is 12.8 Å². The molecule has 0 aliphatic carbocycles. The molecule has 2 atom stereocenters.